The lowest BCUT2D eigenvalue weighted by molar-refractivity contribution is 0.242. The molecule has 88 valence electrons. The Bertz CT molecular complexity index is 398. The van der Waals surface area contributed by atoms with Crippen molar-refractivity contribution in [3.05, 3.63) is 23.2 Å². The fraction of sp³-hybridized carbons (Fsp3) is 0.300. The molecule has 1 amide bonds. The molecule has 0 unspecified atom stereocenters. The summed E-state index contributed by atoms with van der Waals surface area (Å²) in [6.45, 7) is 3.62. The van der Waals surface area contributed by atoms with Crippen LogP contribution < -0.4 is 9.86 Å². The second-order valence-electron chi connectivity index (χ2n) is 3.32. The molecule has 0 saturated carbocycles. The summed E-state index contributed by atoms with van der Waals surface area (Å²) in [4.78, 5) is 10.6. The van der Waals surface area contributed by atoms with Gasteiger partial charge in [-0.2, -0.15) is 0 Å². The van der Waals surface area contributed by atoms with Gasteiger partial charge in [0.25, 0.3) is 0 Å². The van der Waals surface area contributed by atoms with Crippen molar-refractivity contribution >= 4 is 34.3 Å². The van der Waals surface area contributed by atoms with E-state index in [1.54, 1.807) is 0 Å². The van der Waals surface area contributed by atoms with Gasteiger partial charge in [-0.25, -0.2) is 0 Å². The highest BCUT2D eigenvalue weighted by Crippen LogP contribution is 2.31. The molecular weight excluding hydrogens is 256 g/mol. The molecule has 0 heterocycles. The largest absolute Gasteiger partial charge is 0.489 e. The Morgan fingerprint density at radius 3 is 2.62 bits per heavy atom. The van der Waals surface area contributed by atoms with Crippen LogP contribution in [0.15, 0.2) is 18.2 Å². The van der Waals surface area contributed by atoms with Crippen LogP contribution in [0.5, 0.6) is 5.75 Å². The fourth-order valence-corrected chi connectivity index (χ4v) is 1.32. The number of carbonyl (C=O) groups excluding carboxylic acids is 1. The minimum absolute atomic E-state index is 0.0277. The number of anilines is 1. The van der Waals surface area contributed by atoms with E-state index in [1.165, 1.54) is 18.2 Å². The maximum Gasteiger partial charge on any atom is 0.349 e. The fourth-order valence-electron chi connectivity index (χ4n) is 1.06. The summed E-state index contributed by atoms with van der Waals surface area (Å²) in [6, 6.07) is 4.07. The maximum absolute atomic E-state index is 13.2. The Morgan fingerprint density at radius 2 is 2.12 bits per heavy atom. The molecule has 3 nitrogen and oxygen atoms in total. The van der Waals surface area contributed by atoms with E-state index >= 15 is 0 Å². The van der Waals surface area contributed by atoms with E-state index in [0.29, 0.717) is 10.8 Å². The molecule has 0 bridgehead atoms. The standard InChI is InChI=1S/C10H10Cl2FNO2/c1-6(2)16-9-5-7(3-4-8(9)11)14(13)10(12)15/h3-6H,1-2H3. The number of nitrogens with zero attached hydrogens (tertiary/aromatic N) is 1. The average molecular weight is 266 g/mol. The maximum atomic E-state index is 13.2. The van der Waals surface area contributed by atoms with Crippen LogP contribution in [0.2, 0.25) is 5.02 Å². The predicted octanol–water partition coefficient (Wildman–Crippen LogP) is 4.18. The van der Waals surface area contributed by atoms with Crippen molar-refractivity contribution in [1.82, 2.24) is 0 Å². The van der Waals surface area contributed by atoms with Crippen molar-refractivity contribution < 1.29 is 14.0 Å². The summed E-state index contributed by atoms with van der Waals surface area (Å²) in [7, 11) is 0. The van der Waals surface area contributed by atoms with Gasteiger partial charge in [0.2, 0.25) is 0 Å². The zero-order chi connectivity index (χ0) is 12.3. The number of hydrogen-bond acceptors (Lipinski definition) is 2. The summed E-state index contributed by atoms with van der Waals surface area (Å²) >= 11 is 10.8. The number of amides is 1. The molecule has 0 spiro atoms. The summed E-state index contributed by atoms with van der Waals surface area (Å²) in [5.41, 5.74) is -0.0277. The molecule has 0 fully saturated rings. The third kappa shape index (κ3) is 3.25. The lowest BCUT2D eigenvalue weighted by Gasteiger charge is -2.14. The lowest BCUT2D eigenvalue weighted by Crippen LogP contribution is -2.14. The van der Waals surface area contributed by atoms with E-state index in [4.69, 9.17) is 27.9 Å². The topological polar surface area (TPSA) is 29.5 Å². The van der Waals surface area contributed by atoms with Gasteiger partial charge in [0.05, 0.1) is 16.8 Å². The highest BCUT2D eigenvalue weighted by atomic mass is 35.5. The predicted molar refractivity (Wildman–Crippen MR) is 62.1 cm³/mol. The van der Waals surface area contributed by atoms with E-state index in [-0.39, 0.29) is 16.9 Å². The smallest absolute Gasteiger partial charge is 0.349 e. The van der Waals surface area contributed by atoms with Gasteiger partial charge in [0.1, 0.15) is 5.75 Å². The zero-order valence-corrected chi connectivity index (χ0v) is 10.2. The minimum atomic E-state index is -1.22. The summed E-state index contributed by atoms with van der Waals surface area (Å²) < 4.78 is 18.5. The highest BCUT2D eigenvalue weighted by molar-refractivity contribution is 6.65. The molecule has 0 aliphatic rings. The minimum Gasteiger partial charge on any atom is -0.489 e. The van der Waals surface area contributed by atoms with Gasteiger partial charge < -0.3 is 4.74 Å². The van der Waals surface area contributed by atoms with E-state index in [0.717, 1.165) is 0 Å². The van der Waals surface area contributed by atoms with Gasteiger partial charge >= 0.3 is 5.37 Å². The van der Waals surface area contributed by atoms with Crippen molar-refractivity contribution in [2.45, 2.75) is 20.0 Å². The van der Waals surface area contributed by atoms with Crippen LogP contribution in [0.25, 0.3) is 0 Å². The first-order valence-electron chi connectivity index (χ1n) is 4.53. The van der Waals surface area contributed by atoms with Crippen LogP contribution in [0.4, 0.5) is 15.0 Å². The Morgan fingerprint density at radius 1 is 1.50 bits per heavy atom. The van der Waals surface area contributed by atoms with Crippen molar-refractivity contribution in [3.8, 4) is 5.75 Å². The third-order valence-electron chi connectivity index (χ3n) is 1.66. The second-order valence-corrected chi connectivity index (χ2v) is 4.05. The highest BCUT2D eigenvalue weighted by Gasteiger charge is 2.15. The molecule has 1 rings (SSSR count). The molecule has 0 aliphatic carbocycles. The van der Waals surface area contributed by atoms with Crippen LogP contribution in [-0.2, 0) is 0 Å². The molecule has 1 aromatic rings. The molecule has 0 aromatic heterocycles. The SMILES string of the molecule is CC(C)Oc1cc(N(F)C(=O)Cl)ccc1Cl. The number of rotatable bonds is 3. The Kier molecular flexibility index (Phi) is 4.38. The number of benzene rings is 1. The number of carbonyl (C=O) groups is 1. The van der Waals surface area contributed by atoms with Crippen molar-refractivity contribution in [2.24, 2.45) is 0 Å². The summed E-state index contributed by atoms with van der Waals surface area (Å²) in [5.74, 6) is 0.301. The summed E-state index contributed by atoms with van der Waals surface area (Å²) in [6.07, 6.45) is -0.104. The normalized spacial score (nSPS) is 10.4. The van der Waals surface area contributed by atoms with E-state index < -0.39 is 5.37 Å². The van der Waals surface area contributed by atoms with Crippen LogP contribution >= 0.6 is 23.2 Å². The number of halogens is 3. The average Bonchev–Trinajstić information content (AvgIpc) is 2.19. The Hall–Kier alpha value is -1.00. The van der Waals surface area contributed by atoms with Gasteiger partial charge in [0.15, 0.2) is 0 Å². The number of hydrogen-bond donors (Lipinski definition) is 0. The number of ether oxygens (including phenoxy) is 1. The lowest BCUT2D eigenvalue weighted by atomic mass is 10.3. The Balaban J connectivity index is 3.02. The van der Waals surface area contributed by atoms with Crippen molar-refractivity contribution in [2.75, 3.05) is 5.12 Å². The van der Waals surface area contributed by atoms with Gasteiger partial charge in [-0.05, 0) is 37.6 Å². The monoisotopic (exact) mass is 265 g/mol. The first-order chi connectivity index (χ1) is 7.41. The molecular formula is C10H10Cl2FNO2. The van der Waals surface area contributed by atoms with E-state index in [2.05, 4.69) is 0 Å². The van der Waals surface area contributed by atoms with Gasteiger partial charge in [-0.1, -0.05) is 16.1 Å². The molecule has 16 heavy (non-hydrogen) atoms. The van der Waals surface area contributed by atoms with Gasteiger partial charge in [0, 0.05) is 6.07 Å². The van der Waals surface area contributed by atoms with Crippen LogP contribution in [0.3, 0.4) is 0 Å². The zero-order valence-electron chi connectivity index (χ0n) is 8.71. The van der Waals surface area contributed by atoms with Gasteiger partial charge in [-0.15, -0.1) is 5.12 Å². The van der Waals surface area contributed by atoms with Crippen molar-refractivity contribution in [3.63, 3.8) is 0 Å². The van der Waals surface area contributed by atoms with Crippen LogP contribution in [0.1, 0.15) is 13.8 Å². The first kappa shape index (κ1) is 13.1. The van der Waals surface area contributed by atoms with E-state index in [9.17, 15) is 9.28 Å². The van der Waals surface area contributed by atoms with Gasteiger partial charge in [-0.3, -0.25) is 4.79 Å². The molecule has 0 N–H and O–H groups in total. The third-order valence-corrected chi connectivity index (χ3v) is 2.12. The molecule has 0 aliphatic heterocycles. The Labute approximate surface area is 103 Å². The quantitative estimate of drug-likeness (QED) is 0.466. The van der Waals surface area contributed by atoms with Crippen LogP contribution in [-0.4, -0.2) is 11.5 Å². The van der Waals surface area contributed by atoms with Crippen molar-refractivity contribution in [1.29, 1.82) is 0 Å². The molecule has 0 radical (unpaired) electrons. The second kappa shape index (κ2) is 5.37. The van der Waals surface area contributed by atoms with Crippen LogP contribution in [0, 0.1) is 0 Å². The first-order valence-corrected chi connectivity index (χ1v) is 5.29. The molecule has 6 heteroatoms. The van der Waals surface area contributed by atoms with E-state index in [1.807, 2.05) is 13.8 Å². The molecule has 1 aromatic carbocycles. The summed E-state index contributed by atoms with van der Waals surface area (Å²) in [5, 5.41) is -1.07. The molecule has 0 saturated heterocycles. The molecule has 0 atom stereocenters.